The number of aryl methyl sites for hydroxylation is 1. The fraction of sp³-hybridized carbons (Fsp3) is 0.615. The molecule has 0 unspecified atom stereocenters. The first kappa shape index (κ1) is 13.7. The predicted molar refractivity (Wildman–Crippen MR) is 72.3 cm³/mol. The summed E-state index contributed by atoms with van der Waals surface area (Å²) in [6, 6.07) is 1.65. The molecule has 0 aliphatic carbocycles. The summed E-state index contributed by atoms with van der Waals surface area (Å²) in [5.74, 6) is 0.359. The number of nitro groups is 1. The Bertz CT molecular complexity index is 470. The molecule has 0 bridgehead atoms. The fourth-order valence-corrected chi connectivity index (χ4v) is 2.25. The molecule has 2 rings (SSSR count). The molecule has 6 nitrogen and oxygen atoms in total. The second-order valence-electron chi connectivity index (χ2n) is 5.36. The molecule has 0 aromatic carbocycles. The molecule has 1 N–H and O–H groups in total. The molecule has 19 heavy (non-hydrogen) atoms. The van der Waals surface area contributed by atoms with E-state index in [1.807, 2.05) is 0 Å². The number of ether oxygens (including phenoxy) is 1. The molecule has 6 heteroatoms. The highest BCUT2D eigenvalue weighted by atomic mass is 16.6. The van der Waals surface area contributed by atoms with Gasteiger partial charge < -0.3 is 10.1 Å². The van der Waals surface area contributed by atoms with Gasteiger partial charge in [0.25, 0.3) is 0 Å². The van der Waals surface area contributed by atoms with Gasteiger partial charge in [-0.05, 0) is 31.2 Å². The van der Waals surface area contributed by atoms with E-state index in [-0.39, 0.29) is 16.0 Å². The van der Waals surface area contributed by atoms with Gasteiger partial charge in [0.15, 0.2) is 0 Å². The van der Waals surface area contributed by atoms with Crippen LogP contribution in [-0.4, -0.2) is 29.7 Å². The number of nitrogens with one attached hydrogen (secondary N) is 1. The van der Waals surface area contributed by atoms with Crippen molar-refractivity contribution in [2.24, 2.45) is 5.41 Å². The van der Waals surface area contributed by atoms with Crippen molar-refractivity contribution in [1.82, 2.24) is 4.98 Å². The summed E-state index contributed by atoms with van der Waals surface area (Å²) < 4.78 is 5.35. The number of nitrogens with zero attached hydrogens (tertiary/aromatic N) is 2. The van der Waals surface area contributed by atoms with Gasteiger partial charge in [0.05, 0.1) is 4.92 Å². The first-order valence-electron chi connectivity index (χ1n) is 6.43. The Morgan fingerprint density at radius 3 is 2.84 bits per heavy atom. The normalized spacial score (nSPS) is 18.0. The molecule has 0 spiro atoms. The van der Waals surface area contributed by atoms with Crippen molar-refractivity contribution in [3.05, 3.63) is 27.9 Å². The minimum atomic E-state index is -0.378. The maximum absolute atomic E-state index is 11.1. The Hall–Kier alpha value is -1.69. The second kappa shape index (κ2) is 5.52. The first-order chi connectivity index (χ1) is 9.02. The predicted octanol–water partition coefficient (Wildman–Crippen LogP) is 2.53. The molecule has 1 saturated heterocycles. The molecule has 1 fully saturated rings. The number of anilines is 1. The average molecular weight is 265 g/mol. The third-order valence-corrected chi connectivity index (χ3v) is 3.69. The highest BCUT2D eigenvalue weighted by Gasteiger charge is 2.28. The smallest absolute Gasteiger partial charge is 0.314 e. The van der Waals surface area contributed by atoms with Crippen LogP contribution in [0, 0.1) is 22.5 Å². The monoisotopic (exact) mass is 265 g/mol. The summed E-state index contributed by atoms with van der Waals surface area (Å²) in [6.45, 7) is 6.07. The SMILES string of the molecule is Cc1ccnc(NCC2(C)CCOCC2)c1[N+](=O)[O-]. The van der Waals surface area contributed by atoms with Crippen molar-refractivity contribution in [1.29, 1.82) is 0 Å². The molecule has 1 aliphatic rings. The van der Waals surface area contributed by atoms with Crippen molar-refractivity contribution in [3.63, 3.8) is 0 Å². The molecule has 0 atom stereocenters. The molecule has 1 aromatic heterocycles. The van der Waals surface area contributed by atoms with Crippen LogP contribution in [0.3, 0.4) is 0 Å². The summed E-state index contributed by atoms with van der Waals surface area (Å²) in [7, 11) is 0. The van der Waals surface area contributed by atoms with E-state index in [1.165, 1.54) is 0 Å². The number of pyridine rings is 1. The van der Waals surface area contributed by atoms with Gasteiger partial charge in [0.2, 0.25) is 5.82 Å². The molecule has 0 amide bonds. The van der Waals surface area contributed by atoms with Crippen LogP contribution in [0.15, 0.2) is 12.3 Å². The zero-order chi connectivity index (χ0) is 13.9. The topological polar surface area (TPSA) is 77.3 Å². The molecule has 0 saturated carbocycles. The number of hydrogen-bond donors (Lipinski definition) is 1. The molecule has 1 aromatic rings. The lowest BCUT2D eigenvalue weighted by Gasteiger charge is -2.33. The van der Waals surface area contributed by atoms with E-state index >= 15 is 0 Å². The van der Waals surface area contributed by atoms with Crippen molar-refractivity contribution in [2.45, 2.75) is 26.7 Å². The highest BCUT2D eigenvalue weighted by Crippen LogP contribution is 2.32. The van der Waals surface area contributed by atoms with Gasteiger partial charge in [-0.25, -0.2) is 4.98 Å². The third kappa shape index (κ3) is 3.20. The number of rotatable bonds is 4. The molecular formula is C13H19N3O3. The molecule has 0 radical (unpaired) electrons. The second-order valence-corrected chi connectivity index (χ2v) is 5.36. The minimum absolute atomic E-state index is 0.0677. The Labute approximate surface area is 112 Å². The largest absolute Gasteiger partial charge is 0.381 e. The van der Waals surface area contributed by atoms with Gasteiger partial charge in [-0.2, -0.15) is 0 Å². The van der Waals surface area contributed by atoms with E-state index in [1.54, 1.807) is 19.2 Å². The van der Waals surface area contributed by atoms with E-state index in [2.05, 4.69) is 17.2 Å². The average Bonchev–Trinajstić information content (AvgIpc) is 2.37. The summed E-state index contributed by atoms with van der Waals surface area (Å²) >= 11 is 0. The Morgan fingerprint density at radius 2 is 2.21 bits per heavy atom. The van der Waals surface area contributed by atoms with Crippen molar-refractivity contribution < 1.29 is 9.66 Å². The van der Waals surface area contributed by atoms with Gasteiger partial charge in [-0.3, -0.25) is 10.1 Å². The molecule has 104 valence electrons. The van der Waals surface area contributed by atoms with Crippen LogP contribution in [0.4, 0.5) is 11.5 Å². The van der Waals surface area contributed by atoms with Crippen LogP contribution in [0.5, 0.6) is 0 Å². The van der Waals surface area contributed by atoms with Crippen molar-refractivity contribution in [3.8, 4) is 0 Å². The Morgan fingerprint density at radius 1 is 1.53 bits per heavy atom. The van der Waals surface area contributed by atoms with Gasteiger partial charge in [0.1, 0.15) is 0 Å². The van der Waals surface area contributed by atoms with E-state index in [0.717, 1.165) is 26.1 Å². The minimum Gasteiger partial charge on any atom is -0.381 e. The van der Waals surface area contributed by atoms with Gasteiger partial charge >= 0.3 is 5.69 Å². The van der Waals surface area contributed by atoms with E-state index in [0.29, 0.717) is 17.9 Å². The summed E-state index contributed by atoms with van der Waals surface area (Å²) in [6.07, 6.45) is 3.51. The van der Waals surface area contributed by atoms with Crippen LogP contribution in [0.1, 0.15) is 25.3 Å². The quantitative estimate of drug-likeness (QED) is 0.668. The lowest BCUT2D eigenvalue weighted by atomic mass is 9.82. The van der Waals surface area contributed by atoms with Gasteiger partial charge in [-0.15, -0.1) is 0 Å². The Kier molecular flexibility index (Phi) is 3.99. The van der Waals surface area contributed by atoms with Crippen LogP contribution in [0.25, 0.3) is 0 Å². The van der Waals surface area contributed by atoms with Crippen LogP contribution >= 0.6 is 0 Å². The standard InChI is InChI=1S/C13H19N3O3/c1-10-3-6-14-12(11(10)16(17)18)15-9-13(2)4-7-19-8-5-13/h3,6H,4-5,7-9H2,1-2H3,(H,14,15). The van der Waals surface area contributed by atoms with Crippen molar-refractivity contribution >= 4 is 11.5 Å². The zero-order valence-corrected chi connectivity index (χ0v) is 11.3. The van der Waals surface area contributed by atoms with Crippen LogP contribution in [0.2, 0.25) is 0 Å². The maximum atomic E-state index is 11.1. The first-order valence-corrected chi connectivity index (χ1v) is 6.43. The maximum Gasteiger partial charge on any atom is 0.314 e. The zero-order valence-electron chi connectivity index (χ0n) is 11.3. The summed E-state index contributed by atoms with van der Waals surface area (Å²) in [5.41, 5.74) is 0.801. The van der Waals surface area contributed by atoms with Crippen molar-refractivity contribution in [2.75, 3.05) is 25.1 Å². The van der Waals surface area contributed by atoms with Gasteiger partial charge in [-0.1, -0.05) is 6.92 Å². The summed E-state index contributed by atoms with van der Waals surface area (Å²) in [5, 5.41) is 14.2. The van der Waals surface area contributed by atoms with E-state index in [9.17, 15) is 10.1 Å². The lowest BCUT2D eigenvalue weighted by Crippen LogP contribution is -2.33. The lowest BCUT2D eigenvalue weighted by molar-refractivity contribution is -0.384. The summed E-state index contributed by atoms with van der Waals surface area (Å²) in [4.78, 5) is 14.8. The third-order valence-electron chi connectivity index (χ3n) is 3.69. The van der Waals surface area contributed by atoms with Crippen LogP contribution in [-0.2, 0) is 4.74 Å². The van der Waals surface area contributed by atoms with E-state index in [4.69, 9.17) is 4.74 Å². The fourth-order valence-electron chi connectivity index (χ4n) is 2.25. The number of aromatic nitrogens is 1. The molecule has 1 aliphatic heterocycles. The highest BCUT2D eigenvalue weighted by molar-refractivity contribution is 5.59. The van der Waals surface area contributed by atoms with Crippen LogP contribution < -0.4 is 5.32 Å². The van der Waals surface area contributed by atoms with Gasteiger partial charge in [0, 0.05) is 31.5 Å². The molecular weight excluding hydrogens is 246 g/mol. The van der Waals surface area contributed by atoms with E-state index < -0.39 is 0 Å². The molecule has 2 heterocycles. The Balaban J connectivity index is 2.11. The number of hydrogen-bond acceptors (Lipinski definition) is 5.